The fourth-order valence-electron chi connectivity index (χ4n) is 3.94. The lowest BCUT2D eigenvalue weighted by Crippen LogP contribution is -2.71. The molecule has 1 fully saturated rings. The van der Waals surface area contributed by atoms with Crippen LogP contribution in [0.5, 0.6) is 0 Å². The van der Waals surface area contributed by atoms with E-state index in [1.54, 1.807) is 0 Å². The summed E-state index contributed by atoms with van der Waals surface area (Å²) in [6.45, 7) is 0. The van der Waals surface area contributed by atoms with Gasteiger partial charge in [0, 0.05) is 23.0 Å². The van der Waals surface area contributed by atoms with Crippen molar-refractivity contribution in [2.45, 2.75) is 16.6 Å². The highest BCUT2D eigenvalue weighted by Crippen LogP contribution is 2.41. The predicted octanol–water partition coefficient (Wildman–Crippen LogP) is -0.964. The van der Waals surface area contributed by atoms with Gasteiger partial charge in [-0.1, -0.05) is 16.9 Å². The number of anilines is 1. The van der Waals surface area contributed by atoms with Crippen LogP contribution in [-0.4, -0.2) is 99.2 Å². The van der Waals surface area contributed by atoms with E-state index in [2.05, 4.69) is 30.6 Å². The fourth-order valence-corrected chi connectivity index (χ4v) is 6.92. The Morgan fingerprint density at radius 1 is 1.27 bits per heavy atom. The molecule has 20 heteroatoms. The van der Waals surface area contributed by atoms with Crippen LogP contribution in [0.2, 0.25) is 0 Å². The molecule has 3 aromatic rings. The molecule has 0 saturated carbocycles. The highest BCUT2D eigenvalue weighted by atomic mass is 32.2. The number of nitrogens with one attached hydrogen (secondary N) is 2. The van der Waals surface area contributed by atoms with Gasteiger partial charge in [-0.15, -0.1) is 28.2 Å². The zero-order valence-corrected chi connectivity index (χ0v) is 22.5. The third-order valence-electron chi connectivity index (χ3n) is 5.65. The Morgan fingerprint density at radius 3 is 2.70 bits per heavy atom. The number of H-pyrrole nitrogens is 1. The van der Waals surface area contributed by atoms with Crippen molar-refractivity contribution in [1.82, 2.24) is 34.8 Å². The highest BCUT2D eigenvalue weighted by molar-refractivity contribution is 8.01. The molecule has 5 heterocycles. The maximum Gasteiger partial charge on any atom is 0.354 e. The first-order valence-corrected chi connectivity index (χ1v) is 13.9. The van der Waals surface area contributed by atoms with Gasteiger partial charge >= 0.3 is 11.9 Å². The van der Waals surface area contributed by atoms with Gasteiger partial charge < -0.3 is 26.1 Å². The van der Waals surface area contributed by atoms with E-state index in [0.29, 0.717) is 5.57 Å². The molecule has 0 aliphatic carbocycles. The molecule has 2 aliphatic rings. The number of aromatic carboxylic acids is 1. The Hall–Kier alpha value is -4.43. The fraction of sp³-hybridized carbons (Fsp3) is 0.250. The van der Waals surface area contributed by atoms with Crippen LogP contribution in [-0.2, 0) is 19.2 Å². The molecule has 6 N–H and O–H groups in total. The van der Waals surface area contributed by atoms with Gasteiger partial charge in [-0.25, -0.2) is 29.1 Å². The zero-order chi connectivity index (χ0) is 28.7. The Morgan fingerprint density at radius 2 is 2.05 bits per heavy atom. The zero-order valence-electron chi connectivity index (χ0n) is 20.1. The number of β-lactam (4-membered cyclic amide) rings is 1. The van der Waals surface area contributed by atoms with E-state index in [1.165, 1.54) is 24.3 Å². The van der Waals surface area contributed by atoms with E-state index >= 15 is 0 Å². The Kier molecular flexibility index (Phi) is 7.21. The van der Waals surface area contributed by atoms with Crippen LogP contribution >= 0.6 is 34.9 Å². The first-order valence-electron chi connectivity index (χ1n) is 11.0. The van der Waals surface area contributed by atoms with Gasteiger partial charge in [-0.2, -0.15) is 0 Å². The number of nitrogens with zero attached hydrogens (tertiary/aromatic N) is 6. The maximum absolute atomic E-state index is 13.0. The number of thioether (sulfide) groups is 2. The summed E-state index contributed by atoms with van der Waals surface area (Å²) in [5, 5.41) is 32.9. The first-order chi connectivity index (χ1) is 19.1. The third-order valence-corrected chi connectivity index (χ3v) is 8.69. The summed E-state index contributed by atoms with van der Waals surface area (Å²) in [4.78, 5) is 75.3. The van der Waals surface area contributed by atoms with Gasteiger partial charge in [-0.05, 0) is 5.57 Å². The second kappa shape index (κ2) is 10.6. The number of nitrogens with two attached hydrogens (primary N) is 1. The minimum absolute atomic E-state index is 0.0468. The number of hydrogen-bond donors (Lipinski definition) is 5. The van der Waals surface area contributed by atoms with Crippen LogP contribution < -0.4 is 16.6 Å². The van der Waals surface area contributed by atoms with Gasteiger partial charge in [0.1, 0.15) is 29.9 Å². The Balaban J connectivity index is 1.33. The van der Waals surface area contributed by atoms with Crippen molar-refractivity contribution in [2.75, 3.05) is 24.3 Å². The van der Waals surface area contributed by atoms with E-state index in [4.69, 9.17) is 15.7 Å². The number of carbonyl (C=O) groups is 4. The number of aromatic amines is 1. The van der Waals surface area contributed by atoms with E-state index in [9.17, 15) is 29.1 Å². The summed E-state index contributed by atoms with van der Waals surface area (Å²) < 4.78 is 1.06. The molecule has 208 valence electrons. The number of hydrogen-bond acceptors (Lipinski definition) is 14. The van der Waals surface area contributed by atoms with Gasteiger partial charge in [0.25, 0.3) is 17.4 Å². The molecule has 0 radical (unpaired) electrons. The second-order valence-electron chi connectivity index (χ2n) is 8.05. The summed E-state index contributed by atoms with van der Waals surface area (Å²) in [7, 11) is 1.24. The van der Waals surface area contributed by atoms with Crippen molar-refractivity contribution in [1.29, 1.82) is 0 Å². The average molecular weight is 608 g/mol. The minimum atomic E-state index is -1.38. The molecular formula is C20H17N9O8S3. The van der Waals surface area contributed by atoms with Crippen LogP contribution in [0.25, 0.3) is 5.78 Å². The normalized spacial score (nSPS) is 18.9. The number of thiazole rings is 1. The maximum atomic E-state index is 13.0. The average Bonchev–Trinajstić information content (AvgIpc) is 3.54. The molecule has 2 atom stereocenters. The molecule has 40 heavy (non-hydrogen) atoms. The van der Waals surface area contributed by atoms with Crippen molar-refractivity contribution >= 4 is 75.2 Å². The molecule has 17 nitrogen and oxygen atoms in total. The SMILES string of the molecule is CO/N=C(/C(=O)N[C@@H]1C(=O)N2C(C(=O)O)=C(CSc3n[nH]c4nc(C(=O)O)cc(=O)n34)CS[C@H]12)c1csc(N)n1. The number of fused-ring (bicyclic) bond motifs is 2. The highest BCUT2D eigenvalue weighted by Gasteiger charge is 2.54. The smallest absolute Gasteiger partial charge is 0.354 e. The van der Waals surface area contributed by atoms with Gasteiger partial charge in [0.15, 0.2) is 21.7 Å². The molecule has 5 rings (SSSR count). The van der Waals surface area contributed by atoms with Crippen molar-refractivity contribution < 1.29 is 34.2 Å². The lowest BCUT2D eigenvalue weighted by atomic mass is 10.0. The molecule has 0 aromatic carbocycles. The van der Waals surface area contributed by atoms with E-state index in [-0.39, 0.29) is 44.7 Å². The summed E-state index contributed by atoms with van der Waals surface area (Å²) >= 11 is 3.34. The number of carboxylic acids is 2. The molecular weight excluding hydrogens is 590 g/mol. The monoisotopic (exact) mass is 607 g/mol. The van der Waals surface area contributed by atoms with Crippen LogP contribution in [0.15, 0.2) is 37.8 Å². The van der Waals surface area contributed by atoms with Gasteiger partial charge in [-0.3, -0.25) is 19.3 Å². The van der Waals surface area contributed by atoms with E-state index in [0.717, 1.165) is 38.5 Å². The number of nitrogen functional groups attached to an aromatic ring is 1. The summed E-state index contributed by atoms with van der Waals surface area (Å²) in [5.74, 6) is -3.94. The lowest BCUT2D eigenvalue weighted by molar-refractivity contribution is -0.150. The molecule has 2 aliphatic heterocycles. The Labute approximate surface area is 234 Å². The number of rotatable bonds is 9. The van der Waals surface area contributed by atoms with Gasteiger partial charge in [0.2, 0.25) is 5.78 Å². The van der Waals surface area contributed by atoms with Crippen molar-refractivity contribution in [3.63, 3.8) is 0 Å². The van der Waals surface area contributed by atoms with Crippen LogP contribution in [0.1, 0.15) is 16.2 Å². The summed E-state index contributed by atoms with van der Waals surface area (Å²) in [6, 6.07) is -0.181. The number of amides is 2. The molecule has 2 amide bonds. The van der Waals surface area contributed by atoms with Crippen LogP contribution in [0.3, 0.4) is 0 Å². The van der Waals surface area contributed by atoms with Crippen molar-refractivity contribution in [2.24, 2.45) is 5.16 Å². The van der Waals surface area contributed by atoms with Crippen LogP contribution in [0.4, 0.5) is 5.13 Å². The quantitative estimate of drug-likeness (QED) is 0.0850. The molecule has 0 bridgehead atoms. The van der Waals surface area contributed by atoms with Crippen molar-refractivity contribution in [3.05, 3.63) is 44.5 Å². The standard InChI is InChI=1S/C20H17N9O8S3/c1-37-27-10(8-5-39-18(21)22-8)13(31)24-11-14(32)29-12(17(35)36)6(3-38-15(11)29)4-40-20-26-25-19-23-7(16(33)34)2-9(30)28(19)20/h2,5,11,15H,3-4H2,1H3,(H2,21,22)(H,23,25)(H,24,31)(H,33,34)(H,35,36)/b27-10+/t11-,15-/m1/s1. The van der Waals surface area contributed by atoms with E-state index < -0.39 is 46.4 Å². The number of aliphatic carboxylic acids is 1. The number of carbonyl (C=O) groups excluding carboxylic acids is 2. The Bertz CT molecular complexity index is 1690. The lowest BCUT2D eigenvalue weighted by Gasteiger charge is -2.49. The second-order valence-corrected chi connectivity index (χ2v) is 11.0. The van der Waals surface area contributed by atoms with Gasteiger partial charge in [0.05, 0.1) is 0 Å². The number of carboxylic acid groups (broad SMARTS) is 2. The van der Waals surface area contributed by atoms with Crippen LogP contribution in [0, 0.1) is 0 Å². The summed E-state index contributed by atoms with van der Waals surface area (Å²) in [5.41, 5.74) is 4.61. The van der Waals surface area contributed by atoms with E-state index in [1.807, 2.05) is 0 Å². The predicted molar refractivity (Wildman–Crippen MR) is 141 cm³/mol. The topological polar surface area (TPSA) is 248 Å². The van der Waals surface area contributed by atoms with Crippen molar-refractivity contribution in [3.8, 4) is 0 Å². The molecule has 0 spiro atoms. The third kappa shape index (κ3) is 4.75. The summed E-state index contributed by atoms with van der Waals surface area (Å²) in [6.07, 6.45) is 0. The largest absolute Gasteiger partial charge is 0.477 e. The minimum Gasteiger partial charge on any atom is -0.477 e. The molecule has 3 aromatic heterocycles. The molecule has 0 unspecified atom stereocenters. The molecule has 1 saturated heterocycles. The number of oxime groups is 1. The number of aromatic nitrogens is 5. The first kappa shape index (κ1) is 27.1.